The molecule has 1 amide bonds. The first-order valence-corrected chi connectivity index (χ1v) is 10.2. The summed E-state index contributed by atoms with van der Waals surface area (Å²) >= 11 is 6.01. The van der Waals surface area contributed by atoms with Crippen molar-refractivity contribution in [1.82, 2.24) is 4.90 Å². The number of sulfone groups is 1. The van der Waals surface area contributed by atoms with E-state index in [0.717, 1.165) is 6.26 Å². The number of hydrogen-bond acceptors (Lipinski definition) is 5. The molecule has 2 aromatic rings. The molecule has 8 heteroatoms. The van der Waals surface area contributed by atoms with Crippen molar-refractivity contribution in [3.05, 3.63) is 53.6 Å². The van der Waals surface area contributed by atoms with E-state index in [1.807, 2.05) is 12.1 Å². The first-order chi connectivity index (χ1) is 12.3. The van der Waals surface area contributed by atoms with Crippen LogP contribution in [0.4, 0.5) is 5.69 Å². The molecule has 140 valence electrons. The second-order valence-electron chi connectivity index (χ2n) is 5.86. The zero-order valence-electron chi connectivity index (χ0n) is 14.6. The van der Waals surface area contributed by atoms with Crippen molar-refractivity contribution >= 4 is 33.0 Å². The summed E-state index contributed by atoms with van der Waals surface area (Å²) in [6, 6.07) is 13.4. The van der Waals surface area contributed by atoms with Gasteiger partial charge in [0.25, 0.3) is 0 Å². The lowest BCUT2D eigenvalue weighted by atomic mass is 10.3. The molecule has 0 aliphatic heterocycles. The minimum atomic E-state index is -3.32. The number of para-hydroxylation sites is 1. The molecule has 0 aliphatic rings. The number of ether oxygens (including phenoxy) is 1. The molecule has 0 radical (unpaired) electrons. The highest BCUT2D eigenvalue weighted by atomic mass is 35.5. The first kappa shape index (κ1) is 20.2. The Bertz CT molecular complexity index is 871. The molecule has 6 nitrogen and oxygen atoms in total. The van der Waals surface area contributed by atoms with Gasteiger partial charge in [-0.2, -0.15) is 0 Å². The molecule has 0 aromatic heterocycles. The van der Waals surface area contributed by atoms with Gasteiger partial charge >= 0.3 is 0 Å². The van der Waals surface area contributed by atoms with Gasteiger partial charge in [-0.3, -0.25) is 9.69 Å². The predicted octanol–water partition coefficient (Wildman–Crippen LogP) is 2.69. The van der Waals surface area contributed by atoms with Crippen LogP contribution in [0.25, 0.3) is 0 Å². The summed E-state index contributed by atoms with van der Waals surface area (Å²) in [5.74, 6) is 0.362. The average molecular weight is 397 g/mol. The number of likely N-dealkylation sites (N-methyl/N-ethyl adjacent to an activating group) is 1. The number of nitrogens with one attached hydrogen (secondary N) is 1. The van der Waals surface area contributed by atoms with Crippen LogP contribution in [0.1, 0.15) is 0 Å². The molecule has 26 heavy (non-hydrogen) atoms. The molecule has 0 unspecified atom stereocenters. The zero-order valence-corrected chi connectivity index (χ0v) is 16.2. The molecule has 0 saturated carbocycles. The van der Waals surface area contributed by atoms with Crippen LogP contribution in [0.5, 0.6) is 5.75 Å². The lowest BCUT2D eigenvalue weighted by molar-refractivity contribution is -0.117. The van der Waals surface area contributed by atoms with E-state index in [1.165, 1.54) is 12.1 Å². The Morgan fingerprint density at radius 3 is 2.62 bits per heavy atom. The predicted molar refractivity (Wildman–Crippen MR) is 103 cm³/mol. The van der Waals surface area contributed by atoms with Gasteiger partial charge in [0.1, 0.15) is 12.4 Å². The smallest absolute Gasteiger partial charge is 0.238 e. The molecule has 0 aliphatic carbocycles. The van der Waals surface area contributed by atoms with Gasteiger partial charge in [0, 0.05) is 18.5 Å². The summed E-state index contributed by atoms with van der Waals surface area (Å²) in [6.45, 7) is 1.06. The topological polar surface area (TPSA) is 75.7 Å². The Morgan fingerprint density at radius 2 is 1.92 bits per heavy atom. The Hall–Kier alpha value is -2.09. The highest BCUT2D eigenvalue weighted by Gasteiger charge is 2.11. The molecule has 0 fully saturated rings. The van der Waals surface area contributed by atoms with Crippen molar-refractivity contribution < 1.29 is 17.9 Å². The third-order valence-corrected chi connectivity index (χ3v) is 4.95. The number of rotatable bonds is 8. The fourth-order valence-corrected chi connectivity index (χ4v) is 3.06. The Morgan fingerprint density at radius 1 is 1.19 bits per heavy atom. The van der Waals surface area contributed by atoms with Crippen LogP contribution in [0.15, 0.2) is 53.4 Å². The number of carbonyl (C=O) groups is 1. The number of anilines is 1. The molecule has 0 spiro atoms. The van der Waals surface area contributed by atoms with Crippen LogP contribution in [0.2, 0.25) is 5.02 Å². The number of halogens is 1. The highest BCUT2D eigenvalue weighted by Crippen LogP contribution is 2.22. The fraction of sp³-hybridized carbons (Fsp3) is 0.278. The standard InChI is InChI=1S/C18H21ClN2O4S/c1-21(10-11-25-17-9-4-3-8-16(17)19)13-18(22)20-14-6-5-7-15(12-14)26(2,23)24/h3-9,12H,10-11,13H2,1-2H3,(H,20,22). The molecular weight excluding hydrogens is 376 g/mol. The van der Waals surface area contributed by atoms with Gasteiger partial charge < -0.3 is 10.1 Å². The summed E-state index contributed by atoms with van der Waals surface area (Å²) in [6.07, 6.45) is 1.13. The summed E-state index contributed by atoms with van der Waals surface area (Å²) in [7, 11) is -1.52. The van der Waals surface area contributed by atoms with Gasteiger partial charge in [-0.1, -0.05) is 29.8 Å². The van der Waals surface area contributed by atoms with Crippen molar-refractivity contribution in [3.8, 4) is 5.75 Å². The van der Waals surface area contributed by atoms with E-state index in [9.17, 15) is 13.2 Å². The minimum absolute atomic E-state index is 0.148. The summed E-state index contributed by atoms with van der Waals surface area (Å²) in [4.78, 5) is 14.1. The van der Waals surface area contributed by atoms with E-state index in [-0.39, 0.29) is 17.3 Å². The van der Waals surface area contributed by atoms with Crippen LogP contribution in [-0.2, 0) is 14.6 Å². The van der Waals surface area contributed by atoms with Gasteiger partial charge in [-0.15, -0.1) is 0 Å². The minimum Gasteiger partial charge on any atom is -0.491 e. The van der Waals surface area contributed by atoms with E-state index in [2.05, 4.69) is 5.32 Å². The molecule has 0 atom stereocenters. The largest absolute Gasteiger partial charge is 0.491 e. The summed E-state index contributed by atoms with van der Waals surface area (Å²) < 4.78 is 28.7. The van der Waals surface area contributed by atoms with E-state index >= 15 is 0 Å². The number of hydrogen-bond donors (Lipinski definition) is 1. The van der Waals surface area contributed by atoms with Crippen molar-refractivity contribution in [2.24, 2.45) is 0 Å². The van der Waals surface area contributed by atoms with Gasteiger partial charge in [-0.05, 0) is 37.4 Å². The molecule has 0 heterocycles. The SMILES string of the molecule is CN(CCOc1ccccc1Cl)CC(=O)Nc1cccc(S(C)(=O)=O)c1. The Labute approximate surface area is 158 Å². The molecular formula is C18H21ClN2O4S. The maximum absolute atomic E-state index is 12.1. The second-order valence-corrected chi connectivity index (χ2v) is 8.29. The summed E-state index contributed by atoms with van der Waals surface area (Å²) in [5, 5.41) is 3.24. The van der Waals surface area contributed by atoms with Crippen molar-refractivity contribution in [1.29, 1.82) is 0 Å². The van der Waals surface area contributed by atoms with Crippen molar-refractivity contribution in [2.75, 3.05) is 38.3 Å². The van der Waals surface area contributed by atoms with Crippen LogP contribution in [0.3, 0.4) is 0 Å². The molecule has 0 bridgehead atoms. The van der Waals surface area contributed by atoms with E-state index in [1.54, 1.807) is 36.2 Å². The zero-order chi connectivity index (χ0) is 19.2. The Balaban J connectivity index is 1.81. The molecule has 0 saturated heterocycles. The molecule has 2 rings (SSSR count). The van der Waals surface area contributed by atoms with E-state index in [4.69, 9.17) is 16.3 Å². The molecule has 2 aromatic carbocycles. The monoisotopic (exact) mass is 396 g/mol. The molecule has 1 N–H and O–H groups in total. The van der Waals surface area contributed by atoms with Gasteiger partial charge in [0.2, 0.25) is 5.91 Å². The Kier molecular flexibility index (Phi) is 7.02. The maximum atomic E-state index is 12.1. The third kappa shape index (κ3) is 6.33. The number of carbonyl (C=O) groups excluding carboxylic acids is 1. The van der Waals surface area contributed by atoms with Gasteiger partial charge in [0.15, 0.2) is 9.84 Å². The summed E-state index contributed by atoms with van der Waals surface area (Å²) in [5.41, 5.74) is 0.443. The van der Waals surface area contributed by atoms with Gasteiger partial charge in [-0.25, -0.2) is 8.42 Å². The van der Waals surface area contributed by atoms with Crippen molar-refractivity contribution in [2.45, 2.75) is 4.90 Å². The van der Waals surface area contributed by atoms with E-state index in [0.29, 0.717) is 29.6 Å². The second kappa shape index (κ2) is 9.02. The first-order valence-electron chi connectivity index (χ1n) is 7.91. The van der Waals surface area contributed by atoms with Gasteiger partial charge in [0.05, 0.1) is 16.5 Å². The third-order valence-electron chi connectivity index (χ3n) is 3.53. The van der Waals surface area contributed by atoms with Crippen LogP contribution >= 0.6 is 11.6 Å². The van der Waals surface area contributed by atoms with Crippen molar-refractivity contribution in [3.63, 3.8) is 0 Å². The number of nitrogens with zero attached hydrogens (tertiary/aromatic N) is 1. The quantitative estimate of drug-likeness (QED) is 0.742. The number of amides is 1. The average Bonchev–Trinajstić information content (AvgIpc) is 2.56. The van der Waals surface area contributed by atoms with E-state index < -0.39 is 9.84 Å². The maximum Gasteiger partial charge on any atom is 0.238 e. The normalized spacial score (nSPS) is 11.4. The fourth-order valence-electron chi connectivity index (χ4n) is 2.20. The van der Waals surface area contributed by atoms with Crippen LogP contribution in [-0.4, -0.2) is 52.2 Å². The lowest BCUT2D eigenvalue weighted by Gasteiger charge is -2.17. The number of benzene rings is 2. The van der Waals surface area contributed by atoms with Crippen LogP contribution < -0.4 is 10.1 Å². The highest BCUT2D eigenvalue weighted by molar-refractivity contribution is 7.90. The van der Waals surface area contributed by atoms with Crippen LogP contribution in [0, 0.1) is 0 Å². The lowest BCUT2D eigenvalue weighted by Crippen LogP contribution is -2.33.